The van der Waals surface area contributed by atoms with Gasteiger partial charge in [-0.25, -0.2) is 4.99 Å². The maximum absolute atomic E-state index is 5.28. The second-order valence-electron chi connectivity index (χ2n) is 6.42. The number of aliphatic imine (C=N–C) groups is 1. The fraction of sp³-hybridized carbons (Fsp3) is 0.273. The summed E-state index contributed by atoms with van der Waals surface area (Å²) in [6, 6.07) is 18.4. The molecular formula is C22H28IN5O. The van der Waals surface area contributed by atoms with E-state index in [1.165, 1.54) is 11.1 Å². The van der Waals surface area contributed by atoms with Gasteiger partial charge in [0.2, 0.25) is 0 Å². The predicted octanol–water partition coefficient (Wildman–Crippen LogP) is 3.81. The molecule has 6 nitrogen and oxygen atoms in total. The number of halogens is 1. The number of nitrogens with zero attached hydrogens (tertiary/aromatic N) is 3. The van der Waals surface area contributed by atoms with E-state index < -0.39 is 0 Å². The van der Waals surface area contributed by atoms with Crippen LogP contribution in [0.4, 0.5) is 0 Å². The third-order valence-corrected chi connectivity index (χ3v) is 4.25. The molecule has 0 aliphatic rings. The van der Waals surface area contributed by atoms with Crippen molar-refractivity contribution in [2.24, 2.45) is 4.99 Å². The number of ether oxygens (including phenoxy) is 1. The van der Waals surface area contributed by atoms with Gasteiger partial charge in [-0.1, -0.05) is 36.4 Å². The predicted molar refractivity (Wildman–Crippen MR) is 128 cm³/mol. The topological polar surface area (TPSA) is 63.5 Å². The highest BCUT2D eigenvalue weighted by Crippen LogP contribution is 2.12. The normalized spacial score (nSPS) is 10.9. The van der Waals surface area contributed by atoms with Crippen molar-refractivity contribution in [3.05, 3.63) is 83.7 Å². The summed E-state index contributed by atoms with van der Waals surface area (Å²) >= 11 is 0. The maximum Gasteiger partial charge on any atom is 0.191 e. The fourth-order valence-corrected chi connectivity index (χ4v) is 2.89. The Morgan fingerprint density at radius 2 is 1.83 bits per heavy atom. The lowest BCUT2D eigenvalue weighted by Crippen LogP contribution is -2.36. The zero-order valence-electron chi connectivity index (χ0n) is 16.8. The second kappa shape index (κ2) is 12.1. The first-order chi connectivity index (χ1) is 13.8. The fourth-order valence-electron chi connectivity index (χ4n) is 2.89. The Balaban J connectivity index is 0.00000300. The van der Waals surface area contributed by atoms with E-state index in [0.717, 1.165) is 30.4 Å². The summed E-state index contributed by atoms with van der Waals surface area (Å²) in [5.74, 6) is 1.65. The first-order valence-corrected chi connectivity index (χ1v) is 9.47. The number of rotatable bonds is 8. The number of benzene rings is 2. The largest absolute Gasteiger partial charge is 0.497 e. The van der Waals surface area contributed by atoms with Crippen molar-refractivity contribution < 1.29 is 4.74 Å². The molecule has 0 aliphatic heterocycles. The molecule has 0 bridgehead atoms. The number of nitrogens with one attached hydrogen (secondary N) is 2. The van der Waals surface area contributed by atoms with Crippen LogP contribution in [0, 0.1) is 0 Å². The average molecular weight is 505 g/mol. The van der Waals surface area contributed by atoms with E-state index in [-0.39, 0.29) is 24.0 Å². The number of guanidine groups is 1. The van der Waals surface area contributed by atoms with E-state index in [1.54, 1.807) is 13.3 Å². The van der Waals surface area contributed by atoms with Crippen molar-refractivity contribution in [1.29, 1.82) is 0 Å². The summed E-state index contributed by atoms with van der Waals surface area (Å²) in [4.78, 5) is 4.72. The van der Waals surface area contributed by atoms with Gasteiger partial charge in [-0.3, -0.25) is 4.68 Å². The monoisotopic (exact) mass is 505 g/mol. The van der Waals surface area contributed by atoms with Gasteiger partial charge in [0.05, 0.1) is 20.2 Å². The standard InChI is InChI=1S/C22H27N5O.HI/c1-3-23-22(25-16-19-8-5-10-21(14-19)28-2)24-15-18-7-4-9-20(13-18)17-27-12-6-11-26-27;/h4-14H,3,15-17H2,1-2H3,(H2,23,24,25);1H. The van der Waals surface area contributed by atoms with Gasteiger partial charge < -0.3 is 15.4 Å². The summed E-state index contributed by atoms with van der Waals surface area (Å²) in [6.45, 7) is 4.93. The van der Waals surface area contributed by atoms with Gasteiger partial charge in [0.1, 0.15) is 5.75 Å². The van der Waals surface area contributed by atoms with Gasteiger partial charge in [0, 0.05) is 25.5 Å². The molecule has 2 N–H and O–H groups in total. The van der Waals surface area contributed by atoms with Crippen molar-refractivity contribution in [3.63, 3.8) is 0 Å². The molecular weight excluding hydrogens is 477 g/mol. The summed E-state index contributed by atoms with van der Waals surface area (Å²) < 4.78 is 7.20. The van der Waals surface area contributed by atoms with Crippen LogP contribution in [0.5, 0.6) is 5.75 Å². The number of hydrogen-bond donors (Lipinski definition) is 2. The van der Waals surface area contributed by atoms with Crippen LogP contribution < -0.4 is 15.4 Å². The van der Waals surface area contributed by atoms with Crippen molar-refractivity contribution in [2.75, 3.05) is 13.7 Å². The smallest absolute Gasteiger partial charge is 0.191 e. The molecule has 0 saturated heterocycles. The van der Waals surface area contributed by atoms with Gasteiger partial charge in [-0.05, 0) is 41.8 Å². The van der Waals surface area contributed by atoms with Crippen molar-refractivity contribution >= 4 is 29.9 Å². The Kier molecular flexibility index (Phi) is 9.49. The molecule has 7 heteroatoms. The van der Waals surface area contributed by atoms with Gasteiger partial charge >= 0.3 is 0 Å². The Labute approximate surface area is 189 Å². The number of aromatic nitrogens is 2. The Morgan fingerprint density at radius 3 is 2.59 bits per heavy atom. The Bertz CT molecular complexity index is 896. The minimum Gasteiger partial charge on any atom is -0.497 e. The minimum absolute atomic E-state index is 0. The molecule has 3 rings (SSSR count). The Morgan fingerprint density at radius 1 is 1.03 bits per heavy atom. The van der Waals surface area contributed by atoms with Crippen LogP contribution in [-0.4, -0.2) is 29.4 Å². The molecule has 0 fully saturated rings. The van der Waals surface area contributed by atoms with Crippen LogP contribution in [0.25, 0.3) is 0 Å². The summed E-state index contributed by atoms with van der Waals surface area (Å²) in [5, 5.41) is 10.9. The Hall–Kier alpha value is -2.55. The molecule has 0 saturated carbocycles. The van der Waals surface area contributed by atoms with Gasteiger partial charge in [0.25, 0.3) is 0 Å². The third-order valence-electron chi connectivity index (χ3n) is 4.25. The van der Waals surface area contributed by atoms with E-state index in [2.05, 4.69) is 53.0 Å². The van der Waals surface area contributed by atoms with Crippen molar-refractivity contribution in [3.8, 4) is 5.75 Å². The molecule has 154 valence electrons. The quantitative estimate of drug-likeness (QED) is 0.278. The summed E-state index contributed by atoms with van der Waals surface area (Å²) in [5.41, 5.74) is 3.53. The van der Waals surface area contributed by atoms with Crippen LogP contribution in [-0.2, 0) is 19.6 Å². The molecule has 1 aromatic heterocycles. The molecule has 29 heavy (non-hydrogen) atoms. The van der Waals surface area contributed by atoms with E-state index >= 15 is 0 Å². The molecule has 0 atom stereocenters. The lowest BCUT2D eigenvalue weighted by Gasteiger charge is -2.12. The zero-order chi connectivity index (χ0) is 19.6. The highest BCUT2D eigenvalue weighted by Gasteiger charge is 2.02. The minimum atomic E-state index is 0. The van der Waals surface area contributed by atoms with E-state index in [0.29, 0.717) is 13.1 Å². The zero-order valence-corrected chi connectivity index (χ0v) is 19.2. The van der Waals surface area contributed by atoms with Crippen LogP contribution in [0.2, 0.25) is 0 Å². The van der Waals surface area contributed by atoms with Crippen LogP contribution in [0.3, 0.4) is 0 Å². The molecule has 2 aromatic carbocycles. The van der Waals surface area contributed by atoms with Crippen molar-refractivity contribution in [2.45, 2.75) is 26.6 Å². The average Bonchev–Trinajstić information content (AvgIpc) is 3.23. The van der Waals surface area contributed by atoms with E-state index in [1.807, 2.05) is 35.1 Å². The van der Waals surface area contributed by atoms with Gasteiger partial charge in [-0.2, -0.15) is 5.10 Å². The maximum atomic E-state index is 5.28. The summed E-state index contributed by atoms with van der Waals surface area (Å²) in [6.07, 6.45) is 3.77. The second-order valence-corrected chi connectivity index (χ2v) is 6.42. The first-order valence-electron chi connectivity index (χ1n) is 9.47. The van der Waals surface area contributed by atoms with Gasteiger partial charge in [0.15, 0.2) is 5.96 Å². The number of hydrogen-bond acceptors (Lipinski definition) is 3. The van der Waals surface area contributed by atoms with Crippen LogP contribution in [0.1, 0.15) is 23.6 Å². The molecule has 0 amide bonds. The third kappa shape index (κ3) is 7.41. The van der Waals surface area contributed by atoms with E-state index in [9.17, 15) is 0 Å². The van der Waals surface area contributed by atoms with Crippen LogP contribution >= 0.6 is 24.0 Å². The summed E-state index contributed by atoms with van der Waals surface area (Å²) in [7, 11) is 1.68. The SMILES string of the molecule is CCNC(=NCc1cccc(Cn2cccn2)c1)NCc1cccc(OC)c1.I. The molecule has 0 unspecified atom stereocenters. The van der Waals surface area contributed by atoms with Crippen molar-refractivity contribution in [1.82, 2.24) is 20.4 Å². The molecule has 0 radical (unpaired) electrons. The lowest BCUT2D eigenvalue weighted by atomic mass is 10.1. The highest BCUT2D eigenvalue weighted by molar-refractivity contribution is 14.0. The first kappa shape index (κ1) is 22.7. The van der Waals surface area contributed by atoms with E-state index in [4.69, 9.17) is 9.73 Å². The molecule has 0 spiro atoms. The van der Waals surface area contributed by atoms with Crippen LogP contribution in [0.15, 0.2) is 72.0 Å². The van der Waals surface area contributed by atoms with Gasteiger partial charge in [-0.15, -0.1) is 24.0 Å². The molecule has 0 aliphatic carbocycles. The molecule has 3 aromatic rings. The lowest BCUT2D eigenvalue weighted by molar-refractivity contribution is 0.414. The highest BCUT2D eigenvalue weighted by atomic mass is 127. The molecule has 1 heterocycles. The number of methoxy groups -OCH3 is 1.